The first-order valence-corrected chi connectivity index (χ1v) is 7.88. The largest absolute Gasteiger partial charge is 0.479 e. The van der Waals surface area contributed by atoms with Gasteiger partial charge in [-0.3, -0.25) is 14.4 Å². The van der Waals surface area contributed by atoms with E-state index < -0.39 is 5.60 Å². The fraction of sp³-hybridized carbons (Fsp3) is 0.250. The molecule has 4 heteroatoms. The highest BCUT2D eigenvalue weighted by Gasteiger charge is 2.38. The molecule has 0 saturated carbocycles. The van der Waals surface area contributed by atoms with Gasteiger partial charge in [-0.05, 0) is 44.4 Å². The monoisotopic (exact) mass is 322 g/mol. The number of Topliss-reactive ketones (excluding diaryl/α,β-unsaturated/α-hetero) is 2. The Kier molecular flexibility index (Phi) is 4.06. The van der Waals surface area contributed by atoms with Crippen LogP contribution in [0.3, 0.4) is 0 Å². The fourth-order valence-corrected chi connectivity index (χ4v) is 2.92. The van der Waals surface area contributed by atoms with Gasteiger partial charge in [-0.1, -0.05) is 30.3 Å². The van der Waals surface area contributed by atoms with Crippen LogP contribution in [0.5, 0.6) is 0 Å². The van der Waals surface area contributed by atoms with E-state index in [1.165, 1.54) is 0 Å². The Bertz CT molecular complexity index is 826. The van der Waals surface area contributed by atoms with Crippen LogP contribution in [0.2, 0.25) is 0 Å². The quantitative estimate of drug-likeness (QED) is 0.628. The van der Waals surface area contributed by atoms with Crippen molar-refractivity contribution in [3.05, 3.63) is 70.5 Å². The van der Waals surface area contributed by atoms with Gasteiger partial charge in [0.25, 0.3) is 0 Å². The first kappa shape index (κ1) is 16.1. The van der Waals surface area contributed by atoms with Crippen LogP contribution in [0.1, 0.15) is 47.4 Å². The molecule has 1 atom stereocenters. The molecule has 1 aliphatic heterocycles. The van der Waals surface area contributed by atoms with E-state index in [4.69, 9.17) is 4.74 Å². The summed E-state index contributed by atoms with van der Waals surface area (Å²) >= 11 is 0. The van der Waals surface area contributed by atoms with E-state index >= 15 is 0 Å². The second-order valence-electron chi connectivity index (χ2n) is 6.30. The van der Waals surface area contributed by atoms with Gasteiger partial charge >= 0.3 is 0 Å². The lowest BCUT2D eigenvalue weighted by atomic mass is 9.84. The molecule has 0 unspecified atom stereocenters. The van der Waals surface area contributed by atoms with Gasteiger partial charge in [-0.2, -0.15) is 0 Å². The first-order valence-electron chi connectivity index (χ1n) is 7.88. The molecule has 0 amide bonds. The van der Waals surface area contributed by atoms with Crippen molar-refractivity contribution in [3.8, 4) is 0 Å². The number of hydrogen-bond acceptors (Lipinski definition) is 4. The number of ketones is 2. The van der Waals surface area contributed by atoms with Gasteiger partial charge in [0.05, 0.1) is 5.57 Å². The molecule has 1 aromatic rings. The van der Waals surface area contributed by atoms with E-state index in [0.29, 0.717) is 35.1 Å². The Balaban J connectivity index is 1.87. The second-order valence-corrected chi connectivity index (χ2v) is 6.30. The minimum Gasteiger partial charge on any atom is -0.479 e. The van der Waals surface area contributed by atoms with E-state index in [2.05, 4.69) is 0 Å². The van der Waals surface area contributed by atoms with Gasteiger partial charge in [-0.25, -0.2) is 0 Å². The van der Waals surface area contributed by atoms with Crippen molar-refractivity contribution in [3.63, 3.8) is 0 Å². The molecule has 0 fully saturated rings. The number of ether oxygens (including phenoxy) is 1. The van der Waals surface area contributed by atoms with Crippen LogP contribution in [0.25, 0.3) is 0 Å². The standard InChI is InChI=1S/C20H18O4/c1-13(12-21)6-5-10-20(2)11-9-16-17(22)14-7-3-4-8-15(14)18(23)19(16)24-20/h3-4,6-9,11-12H,5,10H2,1-2H3/b13-6+/t20-/m1/s1. The molecular weight excluding hydrogens is 304 g/mol. The van der Waals surface area contributed by atoms with Crippen molar-refractivity contribution < 1.29 is 19.1 Å². The average Bonchev–Trinajstić information content (AvgIpc) is 2.59. The van der Waals surface area contributed by atoms with Crippen LogP contribution in [0.4, 0.5) is 0 Å². The summed E-state index contributed by atoms with van der Waals surface area (Å²) in [7, 11) is 0. The van der Waals surface area contributed by atoms with E-state index in [9.17, 15) is 14.4 Å². The van der Waals surface area contributed by atoms with Gasteiger partial charge in [-0.15, -0.1) is 0 Å². The summed E-state index contributed by atoms with van der Waals surface area (Å²) in [6.45, 7) is 3.61. The van der Waals surface area contributed by atoms with Crippen LogP contribution in [0.15, 0.2) is 59.4 Å². The van der Waals surface area contributed by atoms with Crippen molar-refractivity contribution in [1.29, 1.82) is 0 Å². The molecule has 122 valence electrons. The zero-order valence-corrected chi connectivity index (χ0v) is 13.7. The van der Waals surface area contributed by atoms with Crippen molar-refractivity contribution in [2.45, 2.75) is 32.3 Å². The van der Waals surface area contributed by atoms with Gasteiger partial charge in [0.2, 0.25) is 5.78 Å². The zero-order valence-electron chi connectivity index (χ0n) is 13.7. The van der Waals surface area contributed by atoms with Crippen LogP contribution in [-0.4, -0.2) is 23.5 Å². The number of carbonyl (C=O) groups is 3. The maximum atomic E-state index is 12.7. The summed E-state index contributed by atoms with van der Waals surface area (Å²) in [5, 5.41) is 0. The van der Waals surface area contributed by atoms with E-state index in [1.807, 2.05) is 19.1 Å². The first-order chi connectivity index (χ1) is 11.4. The van der Waals surface area contributed by atoms with Crippen LogP contribution < -0.4 is 0 Å². The molecule has 1 aromatic carbocycles. The topological polar surface area (TPSA) is 60.4 Å². The molecule has 0 radical (unpaired) electrons. The van der Waals surface area contributed by atoms with Gasteiger partial charge in [0, 0.05) is 11.1 Å². The summed E-state index contributed by atoms with van der Waals surface area (Å²) in [5.74, 6) is -0.314. The number of allylic oxidation sites excluding steroid dienone is 5. The summed E-state index contributed by atoms with van der Waals surface area (Å²) in [6, 6.07) is 6.79. The number of hydrogen-bond donors (Lipinski definition) is 0. The zero-order chi connectivity index (χ0) is 17.3. The fourth-order valence-electron chi connectivity index (χ4n) is 2.92. The Morgan fingerprint density at radius 2 is 1.83 bits per heavy atom. The normalized spacial score (nSPS) is 22.8. The number of aldehydes is 1. The highest BCUT2D eigenvalue weighted by Crippen LogP contribution is 2.36. The lowest BCUT2D eigenvalue weighted by Gasteiger charge is -2.34. The highest BCUT2D eigenvalue weighted by molar-refractivity contribution is 6.27. The van der Waals surface area contributed by atoms with Crippen LogP contribution in [-0.2, 0) is 9.53 Å². The Labute approximate surface area is 140 Å². The SMILES string of the molecule is C/C(C=O)=C\CC[C@]1(C)C=CC2=C(O1)C(=O)c1ccccc1C2=O. The Morgan fingerprint density at radius 1 is 1.17 bits per heavy atom. The molecule has 0 spiro atoms. The third kappa shape index (κ3) is 2.75. The van der Waals surface area contributed by atoms with Gasteiger partial charge < -0.3 is 4.74 Å². The predicted octanol–water partition coefficient (Wildman–Crippen LogP) is 3.59. The van der Waals surface area contributed by atoms with Crippen molar-refractivity contribution >= 4 is 17.9 Å². The molecular formula is C20H18O4. The maximum Gasteiger partial charge on any atom is 0.229 e. The molecule has 0 saturated heterocycles. The molecule has 24 heavy (non-hydrogen) atoms. The second kappa shape index (κ2) is 6.04. The summed E-state index contributed by atoms with van der Waals surface area (Å²) in [5.41, 5.74) is 1.10. The minimum absolute atomic E-state index is 0.125. The van der Waals surface area contributed by atoms with Crippen molar-refractivity contribution in [2.24, 2.45) is 0 Å². The van der Waals surface area contributed by atoms with E-state index in [1.54, 1.807) is 37.3 Å². The molecule has 0 N–H and O–H groups in total. The average molecular weight is 322 g/mol. The lowest BCUT2D eigenvalue weighted by molar-refractivity contribution is -0.104. The van der Waals surface area contributed by atoms with Crippen LogP contribution in [0, 0.1) is 0 Å². The Morgan fingerprint density at radius 3 is 2.50 bits per heavy atom. The van der Waals surface area contributed by atoms with Gasteiger partial charge in [0.15, 0.2) is 11.5 Å². The number of rotatable bonds is 4. The smallest absolute Gasteiger partial charge is 0.229 e. The van der Waals surface area contributed by atoms with E-state index in [-0.39, 0.29) is 17.3 Å². The summed E-state index contributed by atoms with van der Waals surface area (Å²) in [6.07, 6.45) is 7.39. The molecule has 0 bridgehead atoms. The van der Waals surface area contributed by atoms with Gasteiger partial charge in [0.1, 0.15) is 11.9 Å². The predicted molar refractivity (Wildman–Crippen MR) is 89.8 cm³/mol. The maximum absolute atomic E-state index is 12.7. The molecule has 1 aliphatic carbocycles. The van der Waals surface area contributed by atoms with Crippen molar-refractivity contribution in [2.75, 3.05) is 0 Å². The number of carbonyl (C=O) groups excluding carboxylic acids is 3. The Hall–Kier alpha value is -2.75. The molecule has 3 rings (SSSR count). The van der Waals surface area contributed by atoms with Crippen LogP contribution >= 0.6 is 0 Å². The lowest BCUT2D eigenvalue weighted by Crippen LogP contribution is -2.34. The van der Waals surface area contributed by atoms with E-state index in [0.717, 1.165) is 6.29 Å². The van der Waals surface area contributed by atoms with Crippen molar-refractivity contribution in [1.82, 2.24) is 0 Å². The number of benzene rings is 1. The molecule has 0 aromatic heterocycles. The summed E-state index contributed by atoms with van der Waals surface area (Å²) in [4.78, 5) is 35.9. The molecule has 1 heterocycles. The molecule has 2 aliphatic rings. The molecule has 4 nitrogen and oxygen atoms in total. The number of fused-ring (bicyclic) bond motifs is 1. The third-order valence-corrected chi connectivity index (χ3v) is 4.34. The summed E-state index contributed by atoms with van der Waals surface area (Å²) < 4.78 is 5.94. The highest BCUT2D eigenvalue weighted by atomic mass is 16.5. The minimum atomic E-state index is -0.680. The third-order valence-electron chi connectivity index (χ3n) is 4.34.